The summed E-state index contributed by atoms with van der Waals surface area (Å²) in [5.41, 5.74) is 6.93. The third-order valence-corrected chi connectivity index (χ3v) is 3.61. The standard InChI is InChI=1S/C15H24N2O/c1-11(15(2,3)4)17(5)14(18)13(16)12-9-7-6-8-10-12/h6-11,13H,16H2,1-5H3. The molecule has 0 fully saturated rings. The predicted octanol–water partition coefficient (Wildman–Crippen LogP) is 2.58. The van der Waals surface area contributed by atoms with Gasteiger partial charge in [-0.1, -0.05) is 51.1 Å². The van der Waals surface area contributed by atoms with Gasteiger partial charge in [-0.3, -0.25) is 4.79 Å². The molecule has 0 radical (unpaired) electrons. The van der Waals surface area contributed by atoms with E-state index in [1.807, 2.05) is 37.4 Å². The smallest absolute Gasteiger partial charge is 0.244 e. The van der Waals surface area contributed by atoms with Gasteiger partial charge in [0.05, 0.1) is 0 Å². The summed E-state index contributed by atoms with van der Waals surface area (Å²) in [6, 6.07) is 9.05. The summed E-state index contributed by atoms with van der Waals surface area (Å²) >= 11 is 0. The van der Waals surface area contributed by atoms with Crippen LogP contribution in [0.1, 0.15) is 39.3 Å². The first-order chi connectivity index (χ1) is 8.25. The summed E-state index contributed by atoms with van der Waals surface area (Å²) in [6.07, 6.45) is 0. The number of nitrogens with zero attached hydrogens (tertiary/aromatic N) is 1. The molecule has 0 saturated carbocycles. The molecule has 18 heavy (non-hydrogen) atoms. The molecule has 1 rings (SSSR count). The van der Waals surface area contributed by atoms with Gasteiger partial charge in [-0.2, -0.15) is 0 Å². The second-order valence-electron chi connectivity index (χ2n) is 5.88. The maximum absolute atomic E-state index is 12.3. The van der Waals surface area contributed by atoms with E-state index in [4.69, 9.17) is 5.73 Å². The van der Waals surface area contributed by atoms with E-state index in [2.05, 4.69) is 27.7 Å². The number of carbonyl (C=O) groups is 1. The van der Waals surface area contributed by atoms with Crippen LogP contribution in [-0.2, 0) is 4.79 Å². The van der Waals surface area contributed by atoms with Crippen molar-refractivity contribution in [2.45, 2.75) is 39.8 Å². The SMILES string of the molecule is CC(N(C)C(=O)C(N)c1ccccc1)C(C)(C)C. The van der Waals surface area contributed by atoms with Crippen molar-refractivity contribution in [1.29, 1.82) is 0 Å². The van der Waals surface area contributed by atoms with Crippen molar-refractivity contribution in [3.63, 3.8) is 0 Å². The minimum Gasteiger partial charge on any atom is -0.341 e. The second kappa shape index (κ2) is 5.53. The molecule has 1 aromatic carbocycles. The van der Waals surface area contributed by atoms with Gasteiger partial charge in [0, 0.05) is 13.1 Å². The zero-order valence-corrected chi connectivity index (χ0v) is 12.0. The van der Waals surface area contributed by atoms with Crippen molar-refractivity contribution in [3.05, 3.63) is 35.9 Å². The van der Waals surface area contributed by atoms with Gasteiger partial charge in [-0.05, 0) is 17.9 Å². The molecule has 2 atom stereocenters. The Hall–Kier alpha value is -1.35. The average molecular weight is 248 g/mol. The minimum atomic E-state index is -0.582. The molecule has 2 N–H and O–H groups in total. The van der Waals surface area contributed by atoms with Crippen LogP contribution in [0.3, 0.4) is 0 Å². The molecule has 0 aliphatic carbocycles. The molecule has 2 unspecified atom stereocenters. The first kappa shape index (κ1) is 14.7. The van der Waals surface area contributed by atoms with Crippen LogP contribution in [0.4, 0.5) is 0 Å². The molecular formula is C15H24N2O. The molecular weight excluding hydrogens is 224 g/mol. The van der Waals surface area contributed by atoms with Gasteiger partial charge in [0.2, 0.25) is 5.91 Å². The molecule has 0 aliphatic rings. The van der Waals surface area contributed by atoms with Crippen LogP contribution in [0.15, 0.2) is 30.3 Å². The Morgan fingerprint density at radius 1 is 1.22 bits per heavy atom. The molecule has 0 spiro atoms. The highest BCUT2D eigenvalue weighted by Crippen LogP contribution is 2.25. The molecule has 100 valence electrons. The van der Waals surface area contributed by atoms with E-state index in [0.717, 1.165) is 5.56 Å². The fourth-order valence-electron chi connectivity index (χ4n) is 1.79. The van der Waals surface area contributed by atoms with E-state index in [0.29, 0.717) is 0 Å². The fraction of sp³-hybridized carbons (Fsp3) is 0.533. The summed E-state index contributed by atoms with van der Waals surface area (Å²) in [7, 11) is 1.82. The maximum atomic E-state index is 12.3. The number of hydrogen-bond donors (Lipinski definition) is 1. The van der Waals surface area contributed by atoms with Gasteiger partial charge in [-0.25, -0.2) is 0 Å². The molecule has 0 bridgehead atoms. The molecule has 1 aromatic rings. The monoisotopic (exact) mass is 248 g/mol. The normalized spacial score (nSPS) is 15.0. The second-order valence-corrected chi connectivity index (χ2v) is 5.88. The van der Waals surface area contributed by atoms with Crippen LogP contribution in [0, 0.1) is 5.41 Å². The number of nitrogens with two attached hydrogens (primary N) is 1. The Labute approximate surface area is 110 Å². The molecule has 0 aromatic heterocycles. The van der Waals surface area contributed by atoms with Gasteiger partial charge < -0.3 is 10.6 Å². The topological polar surface area (TPSA) is 46.3 Å². The highest BCUT2D eigenvalue weighted by Gasteiger charge is 2.29. The Bertz CT molecular complexity index is 395. The van der Waals surface area contributed by atoms with Gasteiger partial charge in [0.25, 0.3) is 0 Å². The van der Waals surface area contributed by atoms with Gasteiger partial charge in [-0.15, -0.1) is 0 Å². The van der Waals surface area contributed by atoms with E-state index < -0.39 is 6.04 Å². The summed E-state index contributed by atoms with van der Waals surface area (Å²) in [5, 5.41) is 0. The lowest BCUT2D eigenvalue weighted by Crippen LogP contribution is -2.46. The highest BCUT2D eigenvalue weighted by molar-refractivity contribution is 5.83. The molecule has 3 nitrogen and oxygen atoms in total. The highest BCUT2D eigenvalue weighted by atomic mass is 16.2. The number of amides is 1. The molecule has 1 amide bonds. The zero-order valence-electron chi connectivity index (χ0n) is 12.0. The number of carbonyl (C=O) groups excluding carboxylic acids is 1. The van der Waals surface area contributed by atoms with Crippen LogP contribution in [0.25, 0.3) is 0 Å². The Morgan fingerprint density at radius 3 is 2.17 bits per heavy atom. The molecule has 3 heteroatoms. The van der Waals surface area contributed by atoms with Gasteiger partial charge >= 0.3 is 0 Å². The van der Waals surface area contributed by atoms with Crippen LogP contribution >= 0.6 is 0 Å². The van der Waals surface area contributed by atoms with Gasteiger partial charge in [0.1, 0.15) is 6.04 Å². The lowest BCUT2D eigenvalue weighted by molar-refractivity contribution is -0.135. The minimum absolute atomic E-state index is 0.0383. The van der Waals surface area contributed by atoms with Crippen LogP contribution < -0.4 is 5.73 Å². The van der Waals surface area contributed by atoms with Crippen molar-refractivity contribution < 1.29 is 4.79 Å². The van der Waals surface area contributed by atoms with E-state index in [1.165, 1.54) is 0 Å². The van der Waals surface area contributed by atoms with Crippen molar-refractivity contribution >= 4 is 5.91 Å². The first-order valence-electron chi connectivity index (χ1n) is 6.32. The van der Waals surface area contributed by atoms with E-state index in [9.17, 15) is 4.79 Å². The first-order valence-corrected chi connectivity index (χ1v) is 6.32. The summed E-state index contributed by atoms with van der Waals surface area (Å²) < 4.78 is 0. The van der Waals surface area contributed by atoms with Crippen molar-refractivity contribution in [2.75, 3.05) is 7.05 Å². The summed E-state index contributed by atoms with van der Waals surface area (Å²) in [4.78, 5) is 14.1. The lowest BCUT2D eigenvalue weighted by Gasteiger charge is -2.36. The molecule has 0 heterocycles. The van der Waals surface area contributed by atoms with Crippen LogP contribution in [0.2, 0.25) is 0 Å². The number of rotatable bonds is 3. The largest absolute Gasteiger partial charge is 0.341 e. The Kier molecular flexibility index (Phi) is 4.52. The van der Waals surface area contributed by atoms with Crippen molar-refractivity contribution in [2.24, 2.45) is 11.1 Å². The molecule has 0 saturated heterocycles. The van der Waals surface area contributed by atoms with Gasteiger partial charge in [0.15, 0.2) is 0 Å². The molecule has 0 aliphatic heterocycles. The third-order valence-electron chi connectivity index (χ3n) is 3.61. The van der Waals surface area contributed by atoms with E-state index >= 15 is 0 Å². The Balaban J connectivity index is 2.82. The van der Waals surface area contributed by atoms with E-state index in [-0.39, 0.29) is 17.4 Å². The quantitative estimate of drug-likeness (QED) is 0.893. The van der Waals surface area contributed by atoms with Crippen molar-refractivity contribution in [3.8, 4) is 0 Å². The van der Waals surface area contributed by atoms with E-state index in [1.54, 1.807) is 4.90 Å². The Morgan fingerprint density at radius 2 is 1.72 bits per heavy atom. The number of benzene rings is 1. The third kappa shape index (κ3) is 3.33. The summed E-state index contributed by atoms with van der Waals surface area (Å²) in [6.45, 7) is 8.41. The number of hydrogen-bond acceptors (Lipinski definition) is 2. The predicted molar refractivity (Wildman–Crippen MR) is 75.1 cm³/mol. The zero-order chi connectivity index (χ0) is 13.9. The number of likely N-dealkylation sites (N-methyl/N-ethyl adjacent to an activating group) is 1. The fourth-order valence-corrected chi connectivity index (χ4v) is 1.79. The van der Waals surface area contributed by atoms with Crippen molar-refractivity contribution in [1.82, 2.24) is 4.90 Å². The van der Waals surface area contributed by atoms with Crippen LogP contribution in [0.5, 0.6) is 0 Å². The average Bonchev–Trinajstić information content (AvgIpc) is 2.35. The van der Waals surface area contributed by atoms with Crippen LogP contribution in [-0.4, -0.2) is 23.9 Å². The summed E-state index contributed by atoms with van der Waals surface area (Å²) in [5.74, 6) is -0.0383. The lowest BCUT2D eigenvalue weighted by atomic mass is 9.86. The maximum Gasteiger partial charge on any atom is 0.244 e.